The zero-order valence-corrected chi connectivity index (χ0v) is 10.6. The third-order valence-electron chi connectivity index (χ3n) is 2.47. The molecule has 0 amide bonds. The van der Waals surface area contributed by atoms with Crippen molar-refractivity contribution in [1.82, 2.24) is 10.3 Å². The summed E-state index contributed by atoms with van der Waals surface area (Å²) in [5, 5.41) is 4.36. The molecule has 0 aliphatic rings. The molecule has 4 heteroatoms. The average Bonchev–Trinajstić information content (AvgIpc) is 2.86. The first-order valence-electron chi connectivity index (χ1n) is 5.47. The highest BCUT2D eigenvalue weighted by Crippen LogP contribution is 2.31. The van der Waals surface area contributed by atoms with Gasteiger partial charge in [0.25, 0.3) is 0 Å². The van der Waals surface area contributed by atoms with E-state index in [9.17, 15) is 0 Å². The van der Waals surface area contributed by atoms with Gasteiger partial charge >= 0.3 is 0 Å². The fourth-order valence-corrected chi connectivity index (χ4v) is 2.78. The van der Waals surface area contributed by atoms with Gasteiger partial charge in [0.1, 0.15) is 0 Å². The molecule has 0 spiro atoms. The van der Waals surface area contributed by atoms with Crippen LogP contribution in [0.5, 0.6) is 0 Å². The molecule has 16 heavy (non-hydrogen) atoms. The van der Waals surface area contributed by atoms with Gasteiger partial charge in [0, 0.05) is 10.9 Å². The van der Waals surface area contributed by atoms with E-state index in [-0.39, 0.29) is 0 Å². The summed E-state index contributed by atoms with van der Waals surface area (Å²) in [6.45, 7) is 7.29. The first-order valence-corrected chi connectivity index (χ1v) is 6.28. The Labute approximate surface area is 99.5 Å². The molecule has 1 N–H and O–H groups in total. The summed E-state index contributed by atoms with van der Waals surface area (Å²) in [6, 6.07) is 4.19. The predicted octanol–water partition coefficient (Wildman–Crippen LogP) is 3.38. The summed E-state index contributed by atoms with van der Waals surface area (Å²) < 4.78 is 5.36. The summed E-state index contributed by atoms with van der Waals surface area (Å²) in [5.41, 5.74) is 1.09. The minimum atomic E-state index is 0.353. The number of hydrogen-bond acceptors (Lipinski definition) is 4. The molecule has 0 fully saturated rings. The normalized spacial score (nSPS) is 12.9. The van der Waals surface area contributed by atoms with Gasteiger partial charge in [-0.25, -0.2) is 4.98 Å². The van der Waals surface area contributed by atoms with Crippen LogP contribution in [0.4, 0.5) is 0 Å². The molecule has 1 atom stereocenters. The number of furan rings is 1. The Morgan fingerprint density at radius 1 is 1.56 bits per heavy atom. The molecule has 0 bridgehead atoms. The van der Waals surface area contributed by atoms with Gasteiger partial charge in [-0.1, -0.05) is 6.92 Å². The molecule has 0 aromatic carbocycles. The number of rotatable bonds is 4. The summed E-state index contributed by atoms with van der Waals surface area (Å²) >= 11 is 1.70. The SMILES string of the molecule is CCNC(C)c1sc(-c2ccco2)nc1C. The first kappa shape index (κ1) is 11.4. The van der Waals surface area contributed by atoms with E-state index in [1.54, 1.807) is 17.6 Å². The molecule has 2 aromatic rings. The molecule has 2 aromatic heterocycles. The topological polar surface area (TPSA) is 38.1 Å². The van der Waals surface area contributed by atoms with Crippen LogP contribution in [-0.2, 0) is 0 Å². The number of nitrogens with zero attached hydrogens (tertiary/aromatic N) is 1. The zero-order chi connectivity index (χ0) is 11.5. The largest absolute Gasteiger partial charge is 0.462 e. The van der Waals surface area contributed by atoms with Crippen molar-refractivity contribution in [3.05, 3.63) is 29.0 Å². The van der Waals surface area contributed by atoms with Crippen LogP contribution in [0.1, 0.15) is 30.5 Å². The molecule has 2 rings (SSSR count). The van der Waals surface area contributed by atoms with Gasteiger partial charge in [0.2, 0.25) is 0 Å². The predicted molar refractivity (Wildman–Crippen MR) is 66.6 cm³/mol. The minimum Gasteiger partial charge on any atom is -0.462 e. The fourth-order valence-electron chi connectivity index (χ4n) is 1.71. The average molecular weight is 236 g/mol. The molecule has 0 aliphatic carbocycles. The van der Waals surface area contributed by atoms with E-state index in [2.05, 4.69) is 24.1 Å². The Bertz CT molecular complexity index is 448. The van der Waals surface area contributed by atoms with Crippen molar-refractivity contribution in [1.29, 1.82) is 0 Å². The highest BCUT2D eigenvalue weighted by Gasteiger charge is 2.15. The van der Waals surface area contributed by atoms with Gasteiger partial charge in [0.15, 0.2) is 10.8 Å². The lowest BCUT2D eigenvalue weighted by Crippen LogP contribution is -2.17. The molecular formula is C12H16N2OS. The second kappa shape index (κ2) is 4.80. The third-order valence-corrected chi connectivity index (χ3v) is 3.82. The van der Waals surface area contributed by atoms with Gasteiger partial charge in [-0.15, -0.1) is 11.3 Å². The summed E-state index contributed by atoms with van der Waals surface area (Å²) in [6.07, 6.45) is 1.68. The molecule has 2 heterocycles. The van der Waals surface area contributed by atoms with Crippen molar-refractivity contribution in [2.45, 2.75) is 26.8 Å². The van der Waals surface area contributed by atoms with Crippen LogP contribution in [-0.4, -0.2) is 11.5 Å². The van der Waals surface area contributed by atoms with E-state index >= 15 is 0 Å². The van der Waals surface area contributed by atoms with Crippen LogP contribution in [0.15, 0.2) is 22.8 Å². The van der Waals surface area contributed by atoms with Crippen LogP contribution in [0.25, 0.3) is 10.8 Å². The Morgan fingerprint density at radius 2 is 2.38 bits per heavy atom. The number of thiazole rings is 1. The van der Waals surface area contributed by atoms with Crippen molar-refractivity contribution in [2.24, 2.45) is 0 Å². The van der Waals surface area contributed by atoms with E-state index in [4.69, 9.17) is 4.42 Å². The van der Waals surface area contributed by atoms with E-state index in [1.165, 1.54) is 4.88 Å². The molecule has 86 valence electrons. The second-order valence-corrected chi connectivity index (χ2v) is 4.76. The monoisotopic (exact) mass is 236 g/mol. The summed E-state index contributed by atoms with van der Waals surface area (Å²) in [7, 11) is 0. The Hall–Kier alpha value is -1.13. The van der Waals surface area contributed by atoms with Gasteiger partial charge < -0.3 is 9.73 Å². The lowest BCUT2D eigenvalue weighted by molar-refractivity contribution is 0.581. The maximum absolute atomic E-state index is 5.36. The maximum Gasteiger partial charge on any atom is 0.162 e. The number of aryl methyl sites for hydroxylation is 1. The molecule has 0 saturated carbocycles. The first-order chi connectivity index (χ1) is 7.72. The smallest absolute Gasteiger partial charge is 0.162 e. The molecule has 0 saturated heterocycles. The van der Waals surface area contributed by atoms with E-state index in [1.807, 2.05) is 19.1 Å². The highest BCUT2D eigenvalue weighted by atomic mass is 32.1. The molecule has 1 unspecified atom stereocenters. The Kier molecular flexibility index (Phi) is 3.41. The van der Waals surface area contributed by atoms with Gasteiger partial charge in [0.05, 0.1) is 12.0 Å². The molecule has 0 aliphatic heterocycles. The van der Waals surface area contributed by atoms with Crippen molar-refractivity contribution >= 4 is 11.3 Å². The maximum atomic E-state index is 5.36. The third kappa shape index (κ3) is 2.18. The summed E-state index contributed by atoms with van der Waals surface area (Å²) in [4.78, 5) is 5.83. The van der Waals surface area contributed by atoms with Gasteiger partial charge in [-0.2, -0.15) is 0 Å². The quantitative estimate of drug-likeness (QED) is 0.884. The van der Waals surface area contributed by atoms with Crippen LogP contribution in [0.3, 0.4) is 0 Å². The molecule has 3 nitrogen and oxygen atoms in total. The van der Waals surface area contributed by atoms with Crippen molar-refractivity contribution in [2.75, 3.05) is 6.54 Å². The van der Waals surface area contributed by atoms with Crippen molar-refractivity contribution in [3.63, 3.8) is 0 Å². The van der Waals surface area contributed by atoms with E-state index < -0.39 is 0 Å². The second-order valence-electron chi connectivity index (χ2n) is 3.73. The number of aromatic nitrogens is 1. The minimum absolute atomic E-state index is 0.353. The van der Waals surface area contributed by atoms with Crippen LogP contribution < -0.4 is 5.32 Å². The Balaban J connectivity index is 2.28. The van der Waals surface area contributed by atoms with E-state index in [0.717, 1.165) is 23.0 Å². The fraction of sp³-hybridized carbons (Fsp3) is 0.417. The molecule has 0 radical (unpaired) electrons. The van der Waals surface area contributed by atoms with Crippen LogP contribution in [0, 0.1) is 6.92 Å². The van der Waals surface area contributed by atoms with Gasteiger partial charge in [-0.3, -0.25) is 0 Å². The number of nitrogens with one attached hydrogen (secondary N) is 1. The summed E-state index contributed by atoms with van der Waals surface area (Å²) in [5.74, 6) is 0.850. The lowest BCUT2D eigenvalue weighted by Gasteiger charge is -2.09. The lowest BCUT2D eigenvalue weighted by atomic mass is 10.2. The van der Waals surface area contributed by atoms with E-state index in [0.29, 0.717) is 6.04 Å². The zero-order valence-electron chi connectivity index (χ0n) is 9.78. The highest BCUT2D eigenvalue weighted by molar-refractivity contribution is 7.15. The number of hydrogen-bond donors (Lipinski definition) is 1. The van der Waals surface area contributed by atoms with Crippen molar-refractivity contribution < 1.29 is 4.42 Å². The van der Waals surface area contributed by atoms with Crippen LogP contribution >= 0.6 is 11.3 Å². The van der Waals surface area contributed by atoms with Crippen LogP contribution in [0.2, 0.25) is 0 Å². The van der Waals surface area contributed by atoms with Crippen molar-refractivity contribution in [3.8, 4) is 10.8 Å². The Morgan fingerprint density at radius 3 is 3.00 bits per heavy atom. The molecular weight excluding hydrogens is 220 g/mol. The van der Waals surface area contributed by atoms with Gasteiger partial charge in [-0.05, 0) is 32.5 Å². The standard InChI is InChI=1S/C12H16N2OS/c1-4-13-8(2)11-9(3)14-12(16-11)10-6-5-7-15-10/h5-8,13H,4H2,1-3H3.